The van der Waals surface area contributed by atoms with Crippen molar-refractivity contribution in [1.82, 2.24) is 10.2 Å². The largest absolute Gasteiger partial charge is 0.353 e. The minimum atomic E-state index is -0.544. The summed E-state index contributed by atoms with van der Waals surface area (Å²) in [6, 6.07) is 42.4. The van der Waals surface area contributed by atoms with E-state index in [4.69, 9.17) is 0 Å². The van der Waals surface area contributed by atoms with Crippen LogP contribution < -0.4 is 5.32 Å². The first-order chi connectivity index (χ1) is 17.7. The number of hydrogen-bond donors (Lipinski definition) is 1. The van der Waals surface area contributed by atoms with Crippen molar-refractivity contribution in [2.75, 3.05) is 13.1 Å². The fourth-order valence-corrected chi connectivity index (χ4v) is 6.25. The van der Waals surface area contributed by atoms with Gasteiger partial charge in [0.2, 0.25) is 5.91 Å². The maximum absolute atomic E-state index is 13.7. The average Bonchev–Trinajstić information content (AvgIpc) is 3.36. The highest BCUT2D eigenvalue weighted by molar-refractivity contribution is 5.81. The molecule has 2 aliphatic rings. The molecule has 2 fully saturated rings. The van der Waals surface area contributed by atoms with Crippen LogP contribution in [0, 0.1) is 11.8 Å². The van der Waals surface area contributed by atoms with Crippen molar-refractivity contribution in [3.8, 4) is 0 Å². The van der Waals surface area contributed by atoms with Crippen LogP contribution >= 0.6 is 0 Å². The highest BCUT2D eigenvalue weighted by Crippen LogP contribution is 2.47. The zero-order chi connectivity index (χ0) is 24.4. The van der Waals surface area contributed by atoms with Crippen molar-refractivity contribution in [3.05, 3.63) is 144 Å². The van der Waals surface area contributed by atoms with E-state index in [0.29, 0.717) is 24.3 Å². The molecule has 1 heterocycles. The number of piperidine rings is 1. The number of rotatable bonds is 8. The van der Waals surface area contributed by atoms with Crippen molar-refractivity contribution in [2.45, 2.75) is 24.4 Å². The molecule has 3 atom stereocenters. The summed E-state index contributed by atoms with van der Waals surface area (Å²) in [4.78, 5) is 16.2. The van der Waals surface area contributed by atoms with Gasteiger partial charge >= 0.3 is 0 Å². The monoisotopic (exact) mass is 472 g/mol. The van der Waals surface area contributed by atoms with E-state index in [-0.39, 0.29) is 5.91 Å². The standard InChI is InChI=1S/C33H32N2O/c36-31(34-32-29-23-35(24-30(29)32)22-25-13-5-1-6-14-25)21-33(26-15-7-2-8-16-26,27-17-9-3-10-18-27)28-19-11-4-12-20-28/h1-20,29-30,32H,21-24H2,(H,34,36)/t29-,30+,32?. The van der Waals surface area contributed by atoms with Gasteiger partial charge in [-0.25, -0.2) is 0 Å². The van der Waals surface area contributed by atoms with Crippen molar-refractivity contribution in [2.24, 2.45) is 11.8 Å². The molecule has 36 heavy (non-hydrogen) atoms. The van der Waals surface area contributed by atoms with E-state index < -0.39 is 5.41 Å². The van der Waals surface area contributed by atoms with Crippen molar-refractivity contribution in [3.63, 3.8) is 0 Å². The molecule has 0 bridgehead atoms. The van der Waals surface area contributed by atoms with Crippen molar-refractivity contribution < 1.29 is 4.79 Å². The van der Waals surface area contributed by atoms with E-state index in [0.717, 1.165) is 36.3 Å². The molecule has 0 spiro atoms. The quantitative estimate of drug-likeness (QED) is 0.336. The van der Waals surface area contributed by atoms with E-state index in [1.165, 1.54) is 5.56 Å². The molecule has 1 N–H and O–H groups in total. The van der Waals surface area contributed by atoms with Crippen LogP contribution in [0.2, 0.25) is 0 Å². The number of benzene rings is 4. The number of hydrogen-bond acceptors (Lipinski definition) is 2. The van der Waals surface area contributed by atoms with Gasteiger partial charge in [-0.05, 0) is 34.1 Å². The molecule has 1 aliphatic heterocycles. The Labute approximate surface area is 213 Å². The van der Waals surface area contributed by atoms with E-state index in [1.807, 2.05) is 18.2 Å². The lowest BCUT2D eigenvalue weighted by Gasteiger charge is -2.35. The number of likely N-dealkylation sites (tertiary alicyclic amines) is 1. The Morgan fingerprint density at radius 3 is 1.53 bits per heavy atom. The summed E-state index contributed by atoms with van der Waals surface area (Å²) in [6.45, 7) is 3.12. The summed E-state index contributed by atoms with van der Waals surface area (Å²) in [6.07, 6.45) is 0.384. The molecule has 0 aromatic heterocycles. The molecule has 4 aromatic rings. The number of carbonyl (C=O) groups is 1. The lowest BCUT2D eigenvalue weighted by Crippen LogP contribution is -2.40. The fraction of sp³-hybridized carbons (Fsp3) is 0.242. The Kier molecular flexibility index (Phi) is 6.16. The first-order valence-electron chi connectivity index (χ1n) is 13.0. The van der Waals surface area contributed by atoms with Gasteiger partial charge in [0.1, 0.15) is 0 Å². The molecule has 3 nitrogen and oxygen atoms in total. The van der Waals surface area contributed by atoms with Crippen molar-refractivity contribution in [1.29, 1.82) is 0 Å². The van der Waals surface area contributed by atoms with E-state index in [9.17, 15) is 4.79 Å². The highest BCUT2D eigenvalue weighted by Gasteiger charge is 2.56. The van der Waals surface area contributed by atoms with E-state index in [1.54, 1.807) is 0 Å². The fourth-order valence-electron chi connectivity index (χ4n) is 6.25. The molecular weight excluding hydrogens is 440 g/mol. The molecule has 1 unspecified atom stereocenters. The van der Waals surface area contributed by atoms with Crippen LogP contribution in [-0.4, -0.2) is 29.9 Å². The zero-order valence-electron chi connectivity index (χ0n) is 20.5. The minimum absolute atomic E-state index is 0.126. The van der Waals surface area contributed by atoms with Gasteiger partial charge in [0.05, 0.1) is 5.41 Å². The average molecular weight is 473 g/mol. The molecule has 0 radical (unpaired) electrons. The molecule has 1 saturated heterocycles. The van der Waals surface area contributed by atoms with Gasteiger partial charge in [-0.1, -0.05) is 121 Å². The van der Waals surface area contributed by atoms with Crippen LogP contribution in [0.1, 0.15) is 28.7 Å². The second kappa shape index (κ2) is 9.75. The molecule has 3 heteroatoms. The Bertz CT molecular complexity index is 1180. The lowest BCUT2D eigenvalue weighted by molar-refractivity contribution is -0.122. The smallest absolute Gasteiger partial charge is 0.221 e. The molecule has 1 aliphatic carbocycles. The van der Waals surface area contributed by atoms with Gasteiger partial charge in [0, 0.05) is 32.1 Å². The van der Waals surface area contributed by atoms with Crippen LogP contribution in [-0.2, 0) is 16.8 Å². The topological polar surface area (TPSA) is 32.3 Å². The first-order valence-corrected chi connectivity index (χ1v) is 13.0. The van der Waals surface area contributed by atoms with Gasteiger partial charge in [-0.2, -0.15) is 0 Å². The third-order valence-corrected chi connectivity index (χ3v) is 8.07. The Morgan fingerprint density at radius 1 is 0.667 bits per heavy atom. The van der Waals surface area contributed by atoms with Gasteiger partial charge in [0.25, 0.3) is 0 Å². The summed E-state index contributed by atoms with van der Waals surface area (Å²) >= 11 is 0. The summed E-state index contributed by atoms with van der Waals surface area (Å²) in [7, 11) is 0. The first kappa shape index (κ1) is 22.8. The Hall–Kier alpha value is -3.69. The van der Waals surface area contributed by atoms with Crippen molar-refractivity contribution >= 4 is 5.91 Å². The number of fused-ring (bicyclic) bond motifs is 1. The summed E-state index contributed by atoms with van der Waals surface area (Å²) in [5.41, 5.74) is 4.24. The lowest BCUT2D eigenvalue weighted by atomic mass is 9.67. The van der Waals surface area contributed by atoms with Crippen LogP contribution in [0.15, 0.2) is 121 Å². The molecule has 4 aromatic carbocycles. The number of nitrogens with one attached hydrogen (secondary N) is 1. The second-order valence-electron chi connectivity index (χ2n) is 10.3. The maximum atomic E-state index is 13.7. The Morgan fingerprint density at radius 2 is 1.08 bits per heavy atom. The predicted molar refractivity (Wildman–Crippen MR) is 144 cm³/mol. The molecule has 180 valence electrons. The van der Waals surface area contributed by atoms with Crippen LogP contribution in [0.3, 0.4) is 0 Å². The highest BCUT2D eigenvalue weighted by atomic mass is 16.1. The normalized spacial score (nSPS) is 21.1. The van der Waals surface area contributed by atoms with Crippen LogP contribution in [0.5, 0.6) is 0 Å². The van der Waals surface area contributed by atoms with Gasteiger partial charge in [-0.3, -0.25) is 9.69 Å². The predicted octanol–water partition coefficient (Wildman–Crippen LogP) is 5.66. The molecule has 1 amide bonds. The van der Waals surface area contributed by atoms with E-state index >= 15 is 0 Å². The SMILES string of the molecule is O=C(CC(c1ccccc1)(c1ccccc1)c1ccccc1)NC1[C@H]2CN(Cc3ccccc3)C[C@@H]12. The molecule has 6 rings (SSSR count). The second-order valence-corrected chi connectivity index (χ2v) is 10.3. The van der Waals surface area contributed by atoms with E-state index in [2.05, 4.69) is 113 Å². The summed E-state index contributed by atoms with van der Waals surface area (Å²) in [5.74, 6) is 1.26. The maximum Gasteiger partial charge on any atom is 0.221 e. The minimum Gasteiger partial charge on any atom is -0.353 e. The number of nitrogens with zero attached hydrogens (tertiary/aromatic N) is 1. The summed E-state index contributed by atoms with van der Waals surface area (Å²) < 4.78 is 0. The van der Waals surface area contributed by atoms with Gasteiger partial charge in [-0.15, -0.1) is 0 Å². The zero-order valence-corrected chi connectivity index (χ0v) is 20.5. The van der Waals surface area contributed by atoms with Crippen LogP contribution in [0.4, 0.5) is 0 Å². The molecule has 1 saturated carbocycles. The summed E-state index contributed by atoms with van der Waals surface area (Å²) in [5, 5.41) is 3.44. The molecular formula is C33H32N2O. The van der Waals surface area contributed by atoms with Crippen LogP contribution in [0.25, 0.3) is 0 Å². The Balaban J connectivity index is 1.22. The van der Waals surface area contributed by atoms with Gasteiger partial charge < -0.3 is 5.32 Å². The third-order valence-electron chi connectivity index (χ3n) is 8.07. The van der Waals surface area contributed by atoms with Gasteiger partial charge in [0.15, 0.2) is 0 Å². The number of amides is 1. The number of carbonyl (C=O) groups excluding carboxylic acids is 1. The third kappa shape index (κ3) is 4.36.